The van der Waals surface area contributed by atoms with Gasteiger partial charge >= 0.3 is 0 Å². The van der Waals surface area contributed by atoms with Crippen LogP contribution in [-0.2, 0) is 22.5 Å². The molecule has 8 heterocycles. The van der Waals surface area contributed by atoms with E-state index in [1.165, 1.54) is 25.7 Å². The first kappa shape index (κ1) is 26.2. The van der Waals surface area contributed by atoms with E-state index >= 15 is 0 Å². The minimum Gasteiger partial charge on any atom is -0.380 e. The van der Waals surface area contributed by atoms with Crippen LogP contribution in [0.4, 0.5) is 22.0 Å². The summed E-state index contributed by atoms with van der Waals surface area (Å²) in [5.74, 6) is 2.64. The van der Waals surface area contributed by atoms with E-state index in [1.807, 2.05) is 23.2 Å². The molecule has 1 amide bonds. The summed E-state index contributed by atoms with van der Waals surface area (Å²) >= 11 is 0. The Morgan fingerprint density at radius 2 is 1.79 bits per heavy atom. The molecule has 4 saturated heterocycles. The van der Waals surface area contributed by atoms with E-state index in [2.05, 4.69) is 26.2 Å². The van der Waals surface area contributed by atoms with Crippen molar-refractivity contribution in [3.63, 3.8) is 0 Å². The van der Waals surface area contributed by atoms with Gasteiger partial charge in [0.15, 0.2) is 5.82 Å². The predicted octanol–water partition coefficient (Wildman–Crippen LogP) is 3.73. The SMILES string of the molecule is O=C(CN1CCC(F)CC1)N1CCc2nc(Nc3ncc4cc(C5COC5)nc(N5C6CCC5CC6)c4n3)ccc2C1. The highest BCUT2D eigenvalue weighted by Gasteiger charge is 2.41. The second kappa shape index (κ2) is 10.7. The number of pyridine rings is 2. The van der Waals surface area contributed by atoms with Crippen molar-refractivity contribution in [1.29, 1.82) is 0 Å². The van der Waals surface area contributed by atoms with Gasteiger partial charge in [-0.05, 0) is 56.2 Å². The normalized spacial score (nSPS) is 24.7. The van der Waals surface area contributed by atoms with Crippen LogP contribution < -0.4 is 10.2 Å². The van der Waals surface area contributed by atoms with E-state index in [9.17, 15) is 9.18 Å². The van der Waals surface area contributed by atoms with E-state index in [-0.39, 0.29) is 5.91 Å². The molecule has 1 N–H and O–H groups in total. The van der Waals surface area contributed by atoms with Crippen LogP contribution in [-0.4, -0.2) is 93.3 Å². The molecule has 2 bridgehead atoms. The van der Waals surface area contributed by atoms with E-state index in [4.69, 9.17) is 19.7 Å². The number of rotatable bonds is 6. The molecule has 3 aromatic heterocycles. The number of carbonyl (C=O) groups is 1. The highest BCUT2D eigenvalue weighted by Crippen LogP contribution is 2.43. The average Bonchev–Trinajstić information content (AvgIpc) is 3.57. The Labute approximate surface area is 244 Å². The number of nitrogens with zero attached hydrogens (tertiary/aromatic N) is 7. The standard InChI is InChI=1S/C31H37FN8O2/c32-22-7-10-38(11-8-22)16-28(41)39-12-9-25-19(15-39)1-6-27(34-25)36-31-33-14-20-13-26(21-17-42-18-21)35-30(29(20)37-31)40-23-2-3-24(40)5-4-23/h1,6,13-14,21-24H,2-5,7-12,15-18H2,(H,33,34,36,37). The van der Waals surface area contributed by atoms with Gasteiger partial charge < -0.3 is 19.9 Å². The van der Waals surface area contributed by atoms with Crippen molar-refractivity contribution in [3.05, 3.63) is 41.3 Å². The number of nitrogens with one attached hydrogen (secondary N) is 1. The van der Waals surface area contributed by atoms with Crippen molar-refractivity contribution < 1.29 is 13.9 Å². The van der Waals surface area contributed by atoms with Gasteiger partial charge in [-0.2, -0.15) is 0 Å². The van der Waals surface area contributed by atoms with Gasteiger partial charge in [-0.25, -0.2) is 24.3 Å². The maximum Gasteiger partial charge on any atom is 0.237 e. The first-order valence-corrected chi connectivity index (χ1v) is 15.5. The molecule has 5 aliphatic rings. The summed E-state index contributed by atoms with van der Waals surface area (Å²) in [6, 6.07) is 7.19. The number of halogens is 1. The molecule has 4 fully saturated rings. The number of likely N-dealkylation sites (tertiary alicyclic amines) is 1. The van der Waals surface area contributed by atoms with Gasteiger partial charge in [0.1, 0.15) is 17.5 Å². The minimum absolute atomic E-state index is 0.105. The van der Waals surface area contributed by atoms with Crippen LogP contribution in [0.2, 0.25) is 0 Å². The van der Waals surface area contributed by atoms with Crippen LogP contribution in [0, 0.1) is 0 Å². The van der Waals surface area contributed by atoms with Gasteiger partial charge in [0.2, 0.25) is 11.9 Å². The summed E-state index contributed by atoms with van der Waals surface area (Å²) in [6.07, 6.45) is 7.79. The van der Waals surface area contributed by atoms with Crippen molar-refractivity contribution in [3.8, 4) is 0 Å². The lowest BCUT2D eigenvalue weighted by Crippen LogP contribution is -2.45. The average molecular weight is 573 g/mol. The Balaban J connectivity index is 1.00. The number of amides is 1. The fourth-order valence-electron chi connectivity index (χ4n) is 7.32. The Bertz CT molecular complexity index is 1490. The molecule has 0 unspecified atom stereocenters. The molecule has 8 rings (SSSR count). The van der Waals surface area contributed by atoms with Gasteiger partial charge in [0.05, 0.1) is 25.5 Å². The highest BCUT2D eigenvalue weighted by atomic mass is 19.1. The largest absolute Gasteiger partial charge is 0.380 e. The fraction of sp³-hybridized carbons (Fsp3) is 0.581. The first-order chi connectivity index (χ1) is 20.6. The second-order valence-electron chi connectivity index (χ2n) is 12.5. The maximum absolute atomic E-state index is 13.5. The van der Waals surface area contributed by atoms with Gasteiger partial charge in [-0.1, -0.05) is 6.07 Å². The lowest BCUT2D eigenvalue weighted by atomic mass is 10.0. The Hall–Kier alpha value is -3.44. The summed E-state index contributed by atoms with van der Waals surface area (Å²) in [6.45, 7) is 4.29. The molecule has 0 atom stereocenters. The zero-order valence-corrected chi connectivity index (χ0v) is 23.8. The van der Waals surface area contributed by atoms with Crippen LogP contribution in [0.15, 0.2) is 24.4 Å². The lowest BCUT2D eigenvalue weighted by molar-refractivity contribution is -0.133. The Kier molecular flexibility index (Phi) is 6.66. The van der Waals surface area contributed by atoms with Crippen LogP contribution in [0.1, 0.15) is 61.4 Å². The van der Waals surface area contributed by atoms with Gasteiger partial charge in [-0.15, -0.1) is 0 Å². The second-order valence-corrected chi connectivity index (χ2v) is 12.5. The van der Waals surface area contributed by atoms with Crippen LogP contribution in [0.5, 0.6) is 0 Å². The molecule has 11 heteroatoms. The summed E-state index contributed by atoms with van der Waals surface area (Å²) in [7, 11) is 0. The zero-order valence-electron chi connectivity index (χ0n) is 23.8. The van der Waals surface area contributed by atoms with Gasteiger partial charge in [0, 0.05) is 67.9 Å². The van der Waals surface area contributed by atoms with Crippen LogP contribution >= 0.6 is 0 Å². The van der Waals surface area contributed by atoms with Gasteiger partial charge in [0.25, 0.3) is 0 Å². The monoisotopic (exact) mass is 572 g/mol. The third kappa shape index (κ3) is 4.86. The number of carbonyl (C=O) groups excluding carboxylic acids is 1. The smallest absolute Gasteiger partial charge is 0.237 e. The topological polar surface area (TPSA) is 99.6 Å². The minimum atomic E-state index is -0.730. The molecule has 0 aromatic carbocycles. The molecule has 3 aromatic rings. The molecule has 0 aliphatic carbocycles. The number of anilines is 3. The number of hydrogen-bond donors (Lipinski definition) is 1. The highest BCUT2D eigenvalue weighted by molar-refractivity contribution is 5.90. The quantitative estimate of drug-likeness (QED) is 0.474. The van der Waals surface area contributed by atoms with Crippen molar-refractivity contribution in [1.82, 2.24) is 29.7 Å². The van der Waals surface area contributed by atoms with Crippen molar-refractivity contribution in [2.45, 2.75) is 75.7 Å². The molecular weight excluding hydrogens is 535 g/mol. The molecule has 0 spiro atoms. The van der Waals surface area contributed by atoms with E-state index in [0.29, 0.717) is 81.8 Å². The summed E-state index contributed by atoms with van der Waals surface area (Å²) < 4.78 is 18.9. The van der Waals surface area contributed by atoms with E-state index < -0.39 is 6.17 Å². The molecular formula is C31H37FN8O2. The third-order valence-electron chi connectivity index (χ3n) is 9.84. The van der Waals surface area contributed by atoms with Crippen molar-refractivity contribution in [2.75, 3.05) is 49.6 Å². The first-order valence-electron chi connectivity index (χ1n) is 15.5. The fourth-order valence-corrected chi connectivity index (χ4v) is 7.32. The van der Waals surface area contributed by atoms with Crippen molar-refractivity contribution >= 4 is 34.4 Å². The number of piperidine rings is 1. The maximum atomic E-state index is 13.5. The third-order valence-corrected chi connectivity index (χ3v) is 9.84. The van der Waals surface area contributed by atoms with Crippen LogP contribution in [0.25, 0.3) is 10.9 Å². The number of fused-ring (bicyclic) bond motifs is 4. The molecule has 0 saturated carbocycles. The lowest BCUT2D eigenvalue weighted by Gasteiger charge is -2.33. The van der Waals surface area contributed by atoms with Gasteiger partial charge in [-0.3, -0.25) is 9.69 Å². The number of alkyl halides is 1. The molecule has 42 heavy (non-hydrogen) atoms. The molecule has 0 radical (unpaired) electrons. The summed E-state index contributed by atoms with van der Waals surface area (Å²) in [5, 5.41) is 4.35. The number of aromatic nitrogens is 4. The predicted molar refractivity (Wildman–Crippen MR) is 157 cm³/mol. The zero-order chi connectivity index (χ0) is 28.2. The van der Waals surface area contributed by atoms with E-state index in [1.54, 1.807) is 0 Å². The summed E-state index contributed by atoms with van der Waals surface area (Å²) in [5.41, 5.74) is 4.02. The van der Waals surface area contributed by atoms with E-state index in [0.717, 1.165) is 46.9 Å². The van der Waals surface area contributed by atoms with Crippen molar-refractivity contribution in [2.24, 2.45) is 0 Å². The Morgan fingerprint density at radius 3 is 2.52 bits per heavy atom. The molecule has 5 aliphatic heterocycles. The number of ether oxygens (including phenoxy) is 1. The molecule has 220 valence electrons. The number of hydrogen-bond acceptors (Lipinski definition) is 9. The Morgan fingerprint density at radius 1 is 1.00 bits per heavy atom. The van der Waals surface area contributed by atoms with Crippen LogP contribution in [0.3, 0.4) is 0 Å². The molecule has 10 nitrogen and oxygen atoms in total. The summed E-state index contributed by atoms with van der Waals surface area (Å²) in [4.78, 5) is 39.1.